The number of sulfone groups is 2. The maximum absolute atomic E-state index is 16.7. The van der Waals surface area contributed by atoms with E-state index in [0.717, 1.165) is 63.9 Å². The van der Waals surface area contributed by atoms with Crippen molar-refractivity contribution in [3.8, 4) is 0 Å². The lowest BCUT2D eigenvalue weighted by Gasteiger charge is -2.48. The number of aliphatic hydroxyl groups excluding tert-OH is 1. The van der Waals surface area contributed by atoms with Crippen LogP contribution in [0.1, 0.15) is 112 Å². The van der Waals surface area contributed by atoms with Crippen molar-refractivity contribution >= 4 is 66.2 Å². The van der Waals surface area contributed by atoms with Crippen LogP contribution in [0.15, 0.2) is 71.0 Å². The van der Waals surface area contributed by atoms with E-state index in [0.29, 0.717) is 11.1 Å². The predicted molar refractivity (Wildman–Crippen MR) is 227 cm³/mol. The molecule has 2 aliphatic carbocycles. The van der Waals surface area contributed by atoms with Crippen molar-refractivity contribution in [3.63, 3.8) is 0 Å². The van der Waals surface area contributed by atoms with Gasteiger partial charge in [-0.25, -0.2) is 36.7 Å². The van der Waals surface area contributed by atoms with Crippen molar-refractivity contribution in [2.75, 3.05) is 17.4 Å². The van der Waals surface area contributed by atoms with Gasteiger partial charge in [-0.3, -0.25) is 14.6 Å². The Morgan fingerprint density at radius 1 is 0.712 bits per heavy atom. The highest BCUT2D eigenvalue weighted by molar-refractivity contribution is 7.91. The monoisotopic (exact) mass is 883 g/mol. The SMILES string of the molecule is CC(C)C(=O)c1cnc(N(C(=O)C(c2ccc(S(C)(=O)=O)c(Cl)c2)(c2ccc(S(C)(=O)=O)c(Cl)c2)C(C2CCCC2)C2CCCC2)c2cnc(C(O)C(C)C)cn2)cn1. The van der Waals surface area contributed by atoms with Crippen LogP contribution < -0.4 is 4.90 Å². The molecule has 0 saturated heterocycles. The molecule has 1 unspecified atom stereocenters. The summed E-state index contributed by atoms with van der Waals surface area (Å²) in [6, 6.07) is 9.07. The van der Waals surface area contributed by atoms with Gasteiger partial charge in [0.1, 0.15) is 11.1 Å². The fraction of sp³-hybridized carbons (Fsp3) is 0.488. The van der Waals surface area contributed by atoms with Gasteiger partial charge >= 0.3 is 0 Å². The van der Waals surface area contributed by atoms with Crippen LogP contribution in [-0.2, 0) is 29.9 Å². The van der Waals surface area contributed by atoms with E-state index in [1.807, 2.05) is 13.8 Å². The minimum Gasteiger partial charge on any atom is -0.386 e. The standard InChI is InChI=1S/C43H51Cl2N5O7S2/c1-25(2)40(51)33-21-48-37(23-46-33)50(38-24-47-34(22-49-38)41(52)26(3)4)42(53)43(29-15-17-35(31(44)19-29)58(5,54)55,30-16-18-36(32(45)20-30)59(6,56)57)39(27-11-7-8-12-27)28-13-9-10-14-28/h15-28,39-40,51H,7-14H2,1-6H3. The number of benzene rings is 2. The smallest absolute Gasteiger partial charge is 0.249 e. The Morgan fingerprint density at radius 3 is 1.53 bits per heavy atom. The lowest BCUT2D eigenvalue weighted by Crippen LogP contribution is -2.55. The first-order valence-electron chi connectivity index (χ1n) is 20.0. The Bertz CT molecular complexity index is 2320. The van der Waals surface area contributed by atoms with Gasteiger partial charge in [0.05, 0.1) is 56.4 Å². The maximum Gasteiger partial charge on any atom is 0.249 e. The number of halogens is 2. The molecule has 12 nitrogen and oxygen atoms in total. The number of Topliss-reactive ketones (excluding diaryl/α,β-unsaturated/α-hetero) is 1. The topological polar surface area (TPSA) is 177 Å². The molecule has 1 N–H and O–H groups in total. The molecule has 0 spiro atoms. The molecule has 0 aliphatic heterocycles. The minimum absolute atomic E-state index is 0.00241. The van der Waals surface area contributed by atoms with Gasteiger partial charge < -0.3 is 5.11 Å². The lowest BCUT2D eigenvalue weighted by molar-refractivity contribution is -0.125. The number of amides is 1. The maximum atomic E-state index is 16.7. The molecular weight excluding hydrogens is 834 g/mol. The molecule has 2 aromatic heterocycles. The van der Waals surface area contributed by atoms with Crippen molar-refractivity contribution in [3.05, 3.63) is 93.7 Å². The van der Waals surface area contributed by atoms with Gasteiger partial charge in [-0.1, -0.05) is 114 Å². The third-order valence-electron chi connectivity index (χ3n) is 11.9. The lowest BCUT2D eigenvalue weighted by atomic mass is 9.56. The molecule has 2 heterocycles. The molecule has 2 aliphatic rings. The number of anilines is 2. The van der Waals surface area contributed by atoms with Crippen LogP contribution in [0.3, 0.4) is 0 Å². The van der Waals surface area contributed by atoms with Gasteiger partial charge in [0, 0.05) is 18.4 Å². The van der Waals surface area contributed by atoms with Crippen LogP contribution in [0.5, 0.6) is 0 Å². The Balaban J connectivity index is 1.75. The molecule has 59 heavy (non-hydrogen) atoms. The average Bonchev–Trinajstić information content (AvgIpc) is 3.92. The molecule has 16 heteroatoms. The van der Waals surface area contributed by atoms with Crippen LogP contribution in [-0.4, -0.2) is 66.1 Å². The second-order valence-electron chi connectivity index (χ2n) is 16.7. The highest BCUT2D eigenvalue weighted by Crippen LogP contribution is 2.56. The molecule has 2 fully saturated rings. The zero-order valence-electron chi connectivity index (χ0n) is 34.1. The number of hydrogen-bond acceptors (Lipinski definition) is 11. The number of carbonyl (C=O) groups excluding carboxylic acids is 2. The number of aromatic nitrogens is 4. The summed E-state index contributed by atoms with van der Waals surface area (Å²) in [5.74, 6) is -1.77. The molecule has 316 valence electrons. The normalized spacial score (nSPS) is 16.3. The summed E-state index contributed by atoms with van der Waals surface area (Å²) in [4.78, 5) is 49.1. The van der Waals surface area contributed by atoms with Crippen LogP contribution >= 0.6 is 23.2 Å². The van der Waals surface area contributed by atoms with Gasteiger partial charge in [-0.15, -0.1) is 0 Å². The zero-order valence-corrected chi connectivity index (χ0v) is 37.2. The number of hydrogen-bond donors (Lipinski definition) is 1. The summed E-state index contributed by atoms with van der Waals surface area (Å²) in [5.41, 5.74) is -0.597. The molecule has 4 aromatic rings. The number of nitrogens with zero attached hydrogens (tertiary/aromatic N) is 5. The summed E-state index contributed by atoms with van der Waals surface area (Å²) < 4.78 is 51.8. The third-order valence-corrected chi connectivity index (χ3v) is 15.1. The summed E-state index contributed by atoms with van der Waals surface area (Å²) >= 11 is 13.8. The van der Waals surface area contributed by atoms with Crippen molar-refractivity contribution in [1.29, 1.82) is 0 Å². The Morgan fingerprint density at radius 2 is 1.17 bits per heavy atom. The molecule has 2 aromatic carbocycles. The molecule has 1 atom stereocenters. The fourth-order valence-corrected chi connectivity index (χ4v) is 11.7. The number of aliphatic hydroxyl groups is 1. The van der Waals surface area contributed by atoms with Crippen molar-refractivity contribution in [1.82, 2.24) is 19.9 Å². The summed E-state index contributed by atoms with van der Waals surface area (Å²) in [6.07, 6.45) is 13.6. The van der Waals surface area contributed by atoms with Gasteiger partial charge in [0.15, 0.2) is 37.1 Å². The van der Waals surface area contributed by atoms with Crippen molar-refractivity contribution in [2.24, 2.45) is 29.6 Å². The number of carbonyl (C=O) groups is 2. The molecule has 2 saturated carbocycles. The van der Waals surface area contributed by atoms with Gasteiger partial charge in [0.25, 0.3) is 0 Å². The van der Waals surface area contributed by atoms with E-state index in [2.05, 4.69) is 19.9 Å². The Hall–Kier alpha value is -3.82. The summed E-state index contributed by atoms with van der Waals surface area (Å²) in [7, 11) is -7.60. The zero-order chi connectivity index (χ0) is 43.0. The summed E-state index contributed by atoms with van der Waals surface area (Å²) in [5, 5.41) is 10.7. The highest BCUT2D eigenvalue weighted by Gasteiger charge is 2.57. The van der Waals surface area contributed by atoms with Crippen LogP contribution in [0, 0.1) is 29.6 Å². The second-order valence-corrected chi connectivity index (χ2v) is 21.4. The van der Waals surface area contributed by atoms with Gasteiger partial charge in [-0.2, -0.15) is 0 Å². The predicted octanol–water partition coefficient (Wildman–Crippen LogP) is 8.56. The molecule has 0 bridgehead atoms. The summed E-state index contributed by atoms with van der Waals surface area (Å²) in [6.45, 7) is 7.17. The first kappa shape index (κ1) is 44.7. The van der Waals surface area contributed by atoms with E-state index >= 15 is 4.79 Å². The van der Waals surface area contributed by atoms with E-state index in [9.17, 15) is 26.7 Å². The fourth-order valence-electron chi connectivity index (χ4n) is 9.06. The van der Waals surface area contributed by atoms with Gasteiger partial charge in [0.2, 0.25) is 5.91 Å². The minimum atomic E-state index is -3.80. The number of rotatable bonds is 14. The largest absolute Gasteiger partial charge is 0.386 e. The molecule has 1 amide bonds. The van der Waals surface area contributed by atoms with E-state index in [1.165, 1.54) is 54.0 Å². The van der Waals surface area contributed by atoms with Crippen LogP contribution in [0.25, 0.3) is 0 Å². The quantitative estimate of drug-likeness (QED) is 0.120. The molecule has 0 radical (unpaired) electrons. The van der Waals surface area contributed by atoms with E-state index < -0.39 is 43.0 Å². The highest BCUT2D eigenvalue weighted by atomic mass is 35.5. The van der Waals surface area contributed by atoms with E-state index in [1.54, 1.807) is 26.0 Å². The number of ketones is 1. The Labute approximate surface area is 357 Å². The first-order chi connectivity index (χ1) is 27.8. The van der Waals surface area contributed by atoms with Gasteiger partial charge in [-0.05, 0) is 59.1 Å². The van der Waals surface area contributed by atoms with Crippen molar-refractivity contribution < 1.29 is 31.5 Å². The van der Waals surface area contributed by atoms with E-state index in [-0.39, 0.29) is 72.3 Å². The molecular formula is C43H51Cl2N5O7S2. The van der Waals surface area contributed by atoms with Crippen LogP contribution in [0.4, 0.5) is 11.6 Å². The Kier molecular flexibility index (Phi) is 13.4. The molecule has 6 rings (SSSR count). The average molecular weight is 885 g/mol. The first-order valence-corrected chi connectivity index (χ1v) is 24.5. The van der Waals surface area contributed by atoms with Crippen LogP contribution in [0.2, 0.25) is 10.0 Å². The van der Waals surface area contributed by atoms with Crippen molar-refractivity contribution in [2.45, 2.75) is 100 Å². The third kappa shape index (κ3) is 8.98. The second kappa shape index (κ2) is 17.6. The van der Waals surface area contributed by atoms with E-state index in [4.69, 9.17) is 23.2 Å².